The number of hydrogen-bond donors (Lipinski definition) is 0. The summed E-state index contributed by atoms with van der Waals surface area (Å²) in [4.78, 5) is 27.3. The molecule has 0 N–H and O–H groups in total. The van der Waals surface area contributed by atoms with Gasteiger partial charge in [0.05, 0.1) is 21.5 Å². The maximum atomic E-state index is 13.1. The number of carbonyl (C=O) groups excluding carboxylic acids is 2. The molecule has 0 atom stereocenters. The summed E-state index contributed by atoms with van der Waals surface area (Å²) in [5, 5.41) is 2.20. The highest BCUT2D eigenvalue weighted by atomic mass is 35.5. The van der Waals surface area contributed by atoms with Crippen molar-refractivity contribution in [2.75, 3.05) is 0 Å². The third-order valence-corrected chi connectivity index (χ3v) is 7.47. The van der Waals surface area contributed by atoms with E-state index in [0.717, 1.165) is 39.4 Å². The van der Waals surface area contributed by atoms with Gasteiger partial charge in [0.1, 0.15) is 0 Å². The predicted molar refractivity (Wildman–Crippen MR) is 140 cm³/mol. The number of imide groups is 1. The summed E-state index contributed by atoms with van der Waals surface area (Å²) in [5.74, 6) is -0.324. The van der Waals surface area contributed by atoms with Crippen LogP contribution in [-0.4, -0.2) is 20.6 Å². The SMILES string of the molecule is O=C1S/C(=C/c2cn(Cc3ccc(Cl)cc3)c3ccccc23)C(=O)N1Cc1ccc(Cl)c(Cl)c1. The van der Waals surface area contributed by atoms with Crippen LogP contribution in [-0.2, 0) is 17.9 Å². The molecule has 3 aromatic carbocycles. The average molecular weight is 528 g/mol. The second-order valence-corrected chi connectivity index (χ2v) is 10.1. The van der Waals surface area contributed by atoms with E-state index < -0.39 is 0 Å². The van der Waals surface area contributed by atoms with E-state index in [0.29, 0.717) is 26.5 Å². The standard InChI is InChI=1S/C26H17Cl3N2O2S/c27-19-8-5-16(6-9-19)13-30-15-18(20-3-1-2-4-23(20)30)12-24-25(32)31(26(33)34-24)14-17-7-10-21(28)22(29)11-17/h1-12,15H,13-14H2/b24-12+. The van der Waals surface area contributed by atoms with Gasteiger partial charge in [0.2, 0.25) is 0 Å². The predicted octanol–water partition coefficient (Wildman–Crippen LogP) is 7.89. The van der Waals surface area contributed by atoms with Gasteiger partial charge in [-0.1, -0.05) is 71.2 Å². The summed E-state index contributed by atoms with van der Waals surface area (Å²) in [7, 11) is 0. The van der Waals surface area contributed by atoms with E-state index in [4.69, 9.17) is 34.8 Å². The summed E-state index contributed by atoms with van der Waals surface area (Å²) in [6.07, 6.45) is 3.80. The van der Waals surface area contributed by atoms with Gasteiger partial charge in [-0.15, -0.1) is 0 Å². The molecule has 170 valence electrons. The molecular formula is C26H17Cl3N2O2S. The van der Waals surface area contributed by atoms with Crippen molar-refractivity contribution in [3.05, 3.63) is 110 Å². The monoisotopic (exact) mass is 526 g/mol. The first-order valence-electron chi connectivity index (χ1n) is 10.4. The maximum Gasteiger partial charge on any atom is 0.293 e. The second-order valence-electron chi connectivity index (χ2n) is 7.87. The molecule has 1 aliphatic rings. The maximum absolute atomic E-state index is 13.1. The van der Waals surface area contributed by atoms with Crippen LogP contribution in [0, 0.1) is 0 Å². The van der Waals surface area contributed by atoms with E-state index in [-0.39, 0.29) is 17.7 Å². The van der Waals surface area contributed by atoms with Crippen molar-refractivity contribution >= 4 is 74.7 Å². The van der Waals surface area contributed by atoms with E-state index in [1.54, 1.807) is 24.3 Å². The van der Waals surface area contributed by atoms with Gasteiger partial charge in [0, 0.05) is 34.2 Å². The summed E-state index contributed by atoms with van der Waals surface area (Å²) >= 11 is 19.0. The molecule has 1 saturated heterocycles. The van der Waals surface area contributed by atoms with Crippen molar-refractivity contribution in [1.82, 2.24) is 9.47 Å². The number of benzene rings is 3. The highest BCUT2D eigenvalue weighted by Crippen LogP contribution is 2.35. The molecule has 5 rings (SSSR count). The second kappa shape index (κ2) is 9.51. The molecule has 2 amide bonds. The Balaban J connectivity index is 1.44. The van der Waals surface area contributed by atoms with Gasteiger partial charge < -0.3 is 4.57 Å². The Morgan fingerprint density at radius 1 is 0.824 bits per heavy atom. The fourth-order valence-corrected chi connectivity index (χ4v) is 5.18. The molecule has 4 aromatic rings. The van der Waals surface area contributed by atoms with Crippen molar-refractivity contribution in [1.29, 1.82) is 0 Å². The van der Waals surface area contributed by atoms with Gasteiger partial charge in [-0.05, 0) is 59.3 Å². The number of hydrogen-bond acceptors (Lipinski definition) is 3. The lowest BCUT2D eigenvalue weighted by Crippen LogP contribution is -2.27. The Morgan fingerprint density at radius 2 is 1.56 bits per heavy atom. The third kappa shape index (κ3) is 4.62. The fraction of sp³-hybridized carbons (Fsp3) is 0.0769. The van der Waals surface area contributed by atoms with Gasteiger partial charge in [-0.25, -0.2) is 0 Å². The quantitative estimate of drug-likeness (QED) is 0.248. The van der Waals surface area contributed by atoms with Gasteiger partial charge in [-0.2, -0.15) is 0 Å². The van der Waals surface area contributed by atoms with Crippen molar-refractivity contribution in [2.24, 2.45) is 0 Å². The van der Waals surface area contributed by atoms with Crippen LogP contribution < -0.4 is 0 Å². The molecule has 0 bridgehead atoms. The number of halogens is 3. The Kier molecular flexibility index (Phi) is 6.45. The smallest absolute Gasteiger partial charge is 0.293 e. The number of amides is 2. The molecular weight excluding hydrogens is 511 g/mol. The molecule has 0 aliphatic carbocycles. The highest BCUT2D eigenvalue weighted by molar-refractivity contribution is 8.18. The van der Waals surface area contributed by atoms with E-state index in [1.807, 2.05) is 54.7 Å². The Labute approximate surface area is 215 Å². The number of para-hydroxylation sites is 1. The lowest BCUT2D eigenvalue weighted by atomic mass is 10.1. The first kappa shape index (κ1) is 23.1. The van der Waals surface area contributed by atoms with Crippen LogP contribution in [0.1, 0.15) is 16.7 Å². The lowest BCUT2D eigenvalue weighted by Gasteiger charge is -2.12. The molecule has 0 spiro atoms. The summed E-state index contributed by atoms with van der Waals surface area (Å²) in [5.41, 5.74) is 3.76. The van der Waals surface area contributed by atoms with Crippen molar-refractivity contribution in [2.45, 2.75) is 13.1 Å². The zero-order chi connectivity index (χ0) is 23.8. The molecule has 0 saturated carbocycles. The van der Waals surface area contributed by atoms with E-state index in [1.165, 1.54) is 4.90 Å². The first-order chi connectivity index (χ1) is 16.4. The van der Waals surface area contributed by atoms with Gasteiger partial charge in [0.15, 0.2) is 0 Å². The zero-order valence-corrected chi connectivity index (χ0v) is 20.8. The van der Waals surface area contributed by atoms with Crippen molar-refractivity contribution in [3.63, 3.8) is 0 Å². The minimum absolute atomic E-state index is 0.136. The molecule has 8 heteroatoms. The van der Waals surface area contributed by atoms with Crippen LogP contribution in [0.4, 0.5) is 4.79 Å². The summed E-state index contributed by atoms with van der Waals surface area (Å²) in [6, 6.07) is 20.8. The van der Waals surface area contributed by atoms with Crippen molar-refractivity contribution < 1.29 is 9.59 Å². The molecule has 1 fully saturated rings. The Hall–Kier alpha value is -2.70. The normalized spacial score (nSPS) is 15.1. The molecule has 1 aliphatic heterocycles. The zero-order valence-electron chi connectivity index (χ0n) is 17.7. The molecule has 0 unspecified atom stereocenters. The lowest BCUT2D eigenvalue weighted by molar-refractivity contribution is -0.123. The van der Waals surface area contributed by atoms with Crippen molar-refractivity contribution in [3.8, 4) is 0 Å². The Morgan fingerprint density at radius 3 is 2.32 bits per heavy atom. The van der Waals surface area contributed by atoms with Gasteiger partial charge >= 0.3 is 0 Å². The minimum atomic E-state index is -0.324. The van der Waals surface area contributed by atoms with Crippen LogP contribution in [0.2, 0.25) is 15.1 Å². The van der Waals surface area contributed by atoms with E-state index >= 15 is 0 Å². The number of nitrogens with zero attached hydrogens (tertiary/aromatic N) is 2. The fourth-order valence-electron chi connectivity index (χ4n) is 3.91. The first-order valence-corrected chi connectivity index (χ1v) is 12.4. The largest absolute Gasteiger partial charge is 0.342 e. The number of rotatable bonds is 5. The van der Waals surface area contributed by atoms with Crippen LogP contribution in [0.25, 0.3) is 17.0 Å². The molecule has 34 heavy (non-hydrogen) atoms. The molecule has 4 nitrogen and oxygen atoms in total. The number of aromatic nitrogens is 1. The van der Waals surface area contributed by atoms with Crippen LogP contribution >= 0.6 is 46.6 Å². The minimum Gasteiger partial charge on any atom is -0.342 e. The van der Waals surface area contributed by atoms with E-state index in [9.17, 15) is 9.59 Å². The molecule has 0 radical (unpaired) electrons. The van der Waals surface area contributed by atoms with Gasteiger partial charge in [0.25, 0.3) is 11.1 Å². The van der Waals surface area contributed by atoms with Crippen LogP contribution in [0.3, 0.4) is 0 Å². The van der Waals surface area contributed by atoms with E-state index in [2.05, 4.69) is 4.57 Å². The summed E-state index contributed by atoms with van der Waals surface area (Å²) < 4.78 is 2.13. The summed E-state index contributed by atoms with van der Waals surface area (Å²) in [6.45, 7) is 0.793. The van der Waals surface area contributed by atoms with Crippen LogP contribution in [0.15, 0.2) is 77.8 Å². The number of carbonyl (C=O) groups is 2. The van der Waals surface area contributed by atoms with Gasteiger partial charge in [-0.3, -0.25) is 14.5 Å². The number of thioether (sulfide) groups is 1. The topological polar surface area (TPSA) is 42.3 Å². The average Bonchev–Trinajstić information content (AvgIpc) is 3.30. The molecule has 1 aromatic heterocycles. The number of fused-ring (bicyclic) bond motifs is 1. The van der Waals surface area contributed by atoms with Crippen LogP contribution in [0.5, 0.6) is 0 Å². The third-order valence-electron chi connectivity index (χ3n) is 5.57. The Bertz CT molecular complexity index is 1460. The molecule has 2 heterocycles. The highest BCUT2D eigenvalue weighted by Gasteiger charge is 2.35.